The first-order valence-electron chi connectivity index (χ1n) is 6.61. The second-order valence-corrected chi connectivity index (χ2v) is 7.43. The molecule has 0 fully saturated rings. The van der Waals surface area contributed by atoms with Gasteiger partial charge in [-0.1, -0.05) is 0 Å². The molecule has 0 aliphatic rings. The minimum absolute atomic E-state index is 0.473. The third kappa shape index (κ3) is 4.03. The van der Waals surface area contributed by atoms with E-state index in [1.165, 1.54) is 27.4 Å². The van der Waals surface area contributed by atoms with Crippen molar-refractivity contribution in [2.45, 2.75) is 6.18 Å². The van der Waals surface area contributed by atoms with E-state index in [0.717, 1.165) is 12.1 Å². The smallest absolute Gasteiger partial charge is 0.419 e. The highest BCUT2D eigenvalue weighted by Crippen LogP contribution is 2.31. The van der Waals surface area contributed by atoms with Crippen molar-refractivity contribution in [1.82, 2.24) is 0 Å². The molecule has 0 unspecified atom stereocenters. The molecule has 130 valence electrons. The molecule has 2 rings (SSSR count). The summed E-state index contributed by atoms with van der Waals surface area (Å²) in [4.78, 5) is 0. The molecule has 0 aliphatic carbocycles. The van der Waals surface area contributed by atoms with Gasteiger partial charge in [0.05, 0.1) is 26.9 Å². The van der Waals surface area contributed by atoms with Crippen LogP contribution in [-0.4, -0.2) is 21.3 Å². The molecule has 0 bridgehead atoms. The van der Waals surface area contributed by atoms with Gasteiger partial charge in [0.25, 0.3) is 3.57 Å². The van der Waals surface area contributed by atoms with Crippen LogP contribution in [0.3, 0.4) is 0 Å². The molecule has 0 aromatic heterocycles. The van der Waals surface area contributed by atoms with Crippen molar-refractivity contribution in [1.29, 1.82) is 0 Å². The number of methoxy groups -OCH3 is 3. The van der Waals surface area contributed by atoms with E-state index in [1.54, 1.807) is 12.1 Å². The summed E-state index contributed by atoms with van der Waals surface area (Å²) in [6.45, 7) is 0. The molecule has 0 N–H and O–H groups in total. The van der Waals surface area contributed by atoms with Crippen molar-refractivity contribution in [3.8, 4) is 17.2 Å². The lowest BCUT2D eigenvalue weighted by Gasteiger charge is -2.09. The topological polar surface area (TPSA) is 27.7 Å². The maximum atomic E-state index is 13.7. The average molecular weight is 457 g/mol. The maximum absolute atomic E-state index is 13.7. The van der Waals surface area contributed by atoms with Crippen LogP contribution in [0.1, 0.15) is 5.56 Å². The third-order valence-electron chi connectivity index (χ3n) is 3.10. The first kappa shape index (κ1) is 18.6. The van der Waals surface area contributed by atoms with Gasteiger partial charge >= 0.3 is 27.4 Å². The molecule has 3 nitrogen and oxygen atoms in total. The average Bonchev–Trinajstić information content (AvgIpc) is 2.53. The van der Waals surface area contributed by atoms with Gasteiger partial charge in [0.15, 0.2) is 15.1 Å². The summed E-state index contributed by atoms with van der Waals surface area (Å²) in [7, 11) is 4.43. The minimum Gasteiger partial charge on any atom is -0.496 e. The second kappa shape index (κ2) is 7.45. The highest BCUT2D eigenvalue weighted by molar-refractivity contribution is 5.41. The molecule has 0 saturated heterocycles. The third-order valence-corrected chi connectivity index (χ3v) is 5.99. The highest BCUT2D eigenvalue weighted by Gasteiger charge is 2.36. The summed E-state index contributed by atoms with van der Waals surface area (Å²) in [5.74, 6) is 0.208. The molecule has 0 heterocycles. The standard InChI is InChI=1S/C16H14F4IO3/c1-22-10-7-13(23-2)15(14(8-10)24-3)21-9-4-5-11(12(17)6-9)16(18,19)20/h4-8H,1-3H3/q+1. The summed E-state index contributed by atoms with van der Waals surface area (Å²) >= 11 is -1.02. The molecule has 0 amide bonds. The molecule has 0 atom stereocenters. The number of hydrogen-bond acceptors (Lipinski definition) is 3. The van der Waals surface area contributed by atoms with Gasteiger partial charge in [-0.15, -0.1) is 0 Å². The largest absolute Gasteiger partial charge is 0.496 e. The number of ether oxygens (including phenoxy) is 3. The SMILES string of the molecule is COc1cc(OC)c([I+]c2ccc(C(F)(F)F)c(F)c2)c(OC)c1. The Labute approximate surface area is 146 Å². The van der Waals surface area contributed by atoms with Crippen molar-refractivity contribution in [3.63, 3.8) is 0 Å². The molecule has 0 spiro atoms. The number of hydrogen-bond donors (Lipinski definition) is 0. The van der Waals surface area contributed by atoms with Gasteiger partial charge < -0.3 is 14.2 Å². The van der Waals surface area contributed by atoms with Gasteiger partial charge in [-0.25, -0.2) is 4.39 Å². The molecular formula is C16H14F4IO3+. The van der Waals surface area contributed by atoms with E-state index in [0.29, 0.717) is 24.4 Å². The highest BCUT2D eigenvalue weighted by atomic mass is 127. The van der Waals surface area contributed by atoms with Crippen LogP contribution >= 0.6 is 0 Å². The van der Waals surface area contributed by atoms with Crippen LogP contribution in [0.25, 0.3) is 0 Å². The normalized spacial score (nSPS) is 11.3. The molecule has 2 aromatic carbocycles. The van der Waals surface area contributed by atoms with Crippen molar-refractivity contribution in [2.75, 3.05) is 21.3 Å². The number of benzene rings is 2. The fourth-order valence-corrected chi connectivity index (χ4v) is 4.64. The Kier molecular flexibility index (Phi) is 5.79. The Hall–Kier alpha value is -1.71. The van der Waals surface area contributed by atoms with Gasteiger partial charge in [0, 0.05) is 18.2 Å². The van der Waals surface area contributed by atoms with E-state index in [-0.39, 0.29) is 0 Å². The minimum atomic E-state index is -4.71. The Morgan fingerprint density at radius 3 is 1.88 bits per heavy atom. The summed E-state index contributed by atoms with van der Waals surface area (Å²) in [5.41, 5.74) is -1.27. The first-order valence-corrected chi connectivity index (χ1v) is 8.77. The molecule has 0 aliphatic heterocycles. The summed E-state index contributed by atoms with van der Waals surface area (Å²) in [6.07, 6.45) is -4.71. The fraction of sp³-hybridized carbons (Fsp3) is 0.250. The van der Waals surface area contributed by atoms with Gasteiger partial charge in [-0.3, -0.25) is 0 Å². The summed E-state index contributed by atoms with van der Waals surface area (Å²) < 4.78 is 68.6. The zero-order chi connectivity index (χ0) is 17.9. The number of rotatable bonds is 5. The van der Waals surface area contributed by atoms with Crippen LogP contribution in [-0.2, 0) is 6.18 Å². The lowest BCUT2D eigenvalue weighted by Crippen LogP contribution is -3.61. The molecule has 2 aromatic rings. The number of halogens is 5. The summed E-state index contributed by atoms with van der Waals surface area (Å²) in [6, 6.07) is 6.25. The molecule has 8 heteroatoms. The lowest BCUT2D eigenvalue weighted by atomic mass is 10.2. The second-order valence-electron chi connectivity index (χ2n) is 4.56. The maximum Gasteiger partial charge on any atom is 0.419 e. The fourth-order valence-electron chi connectivity index (χ4n) is 1.94. The molecular weight excluding hydrogens is 443 g/mol. The van der Waals surface area contributed by atoms with Crippen LogP contribution in [0, 0.1) is 13.0 Å². The molecule has 0 radical (unpaired) electrons. The monoisotopic (exact) mass is 457 g/mol. The van der Waals surface area contributed by atoms with E-state index in [1.807, 2.05) is 0 Å². The summed E-state index contributed by atoms with van der Waals surface area (Å²) in [5, 5.41) is 0. The van der Waals surface area contributed by atoms with Crippen LogP contribution in [0.2, 0.25) is 0 Å². The van der Waals surface area contributed by atoms with Crippen LogP contribution in [0.4, 0.5) is 17.6 Å². The van der Waals surface area contributed by atoms with Crippen molar-refractivity contribution < 1.29 is 53.0 Å². The molecule has 24 heavy (non-hydrogen) atoms. The molecule has 0 saturated carbocycles. The van der Waals surface area contributed by atoms with Gasteiger partial charge in [0.2, 0.25) is 0 Å². The van der Waals surface area contributed by atoms with E-state index in [9.17, 15) is 17.6 Å². The Balaban J connectivity index is 2.42. The van der Waals surface area contributed by atoms with E-state index in [4.69, 9.17) is 14.2 Å². The Morgan fingerprint density at radius 2 is 1.46 bits per heavy atom. The zero-order valence-electron chi connectivity index (χ0n) is 13.0. The predicted octanol–water partition coefficient (Wildman–Crippen LogP) is 0.999. The van der Waals surface area contributed by atoms with Crippen molar-refractivity contribution >= 4 is 0 Å². The van der Waals surface area contributed by atoms with Gasteiger partial charge in [-0.2, -0.15) is 13.2 Å². The van der Waals surface area contributed by atoms with E-state index >= 15 is 0 Å². The van der Waals surface area contributed by atoms with E-state index < -0.39 is 38.8 Å². The predicted molar refractivity (Wildman–Crippen MR) is 74.9 cm³/mol. The zero-order valence-corrected chi connectivity index (χ0v) is 15.2. The van der Waals surface area contributed by atoms with Crippen LogP contribution in [0.15, 0.2) is 30.3 Å². The van der Waals surface area contributed by atoms with Crippen molar-refractivity contribution in [2.24, 2.45) is 0 Å². The quantitative estimate of drug-likeness (QED) is 0.496. The Bertz CT molecular complexity index is 707. The van der Waals surface area contributed by atoms with E-state index in [2.05, 4.69) is 0 Å². The van der Waals surface area contributed by atoms with Gasteiger partial charge in [-0.05, 0) is 12.1 Å². The van der Waals surface area contributed by atoms with Crippen molar-refractivity contribution in [3.05, 3.63) is 48.9 Å². The van der Waals surface area contributed by atoms with Gasteiger partial charge in [0.1, 0.15) is 11.6 Å². The van der Waals surface area contributed by atoms with Crippen LogP contribution < -0.4 is 35.4 Å². The Morgan fingerprint density at radius 1 is 0.875 bits per heavy atom. The lowest BCUT2D eigenvalue weighted by molar-refractivity contribution is -0.599. The number of alkyl halides is 3. The first-order chi connectivity index (χ1) is 11.3. The van der Waals surface area contributed by atoms with Crippen LogP contribution in [0.5, 0.6) is 17.2 Å².